The van der Waals surface area contributed by atoms with Gasteiger partial charge in [0.05, 0.1) is 40.6 Å². The third kappa shape index (κ3) is 5.08. The average Bonchev–Trinajstić information content (AvgIpc) is 2.84. The lowest BCUT2D eigenvalue weighted by Crippen LogP contribution is -2.52. The van der Waals surface area contributed by atoms with Gasteiger partial charge in [0, 0.05) is 26.2 Å². The molecule has 1 aliphatic rings. The number of benzene rings is 3. The van der Waals surface area contributed by atoms with E-state index in [9.17, 15) is 10.4 Å². The molecule has 0 amide bonds. The van der Waals surface area contributed by atoms with Gasteiger partial charge in [0.1, 0.15) is 0 Å². The van der Waals surface area contributed by atoms with Crippen LogP contribution in [0.25, 0.3) is 4.85 Å². The quantitative estimate of drug-likeness (QED) is 0.476. The Kier molecular flexibility index (Phi) is 6.91. The average molecular weight is 471 g/mol. The first-order valence-corrected chi connectivity index (χ1v) is 11.6. The number of nitriles is 1. The van der Waals surface area contributed by atoms with E-state index in [4.69, 9.17) is 18.2 Å². The van der Waals surface area contributed by atoms with Gasteiger partial charge in [-0.05, 0) is 43.2 Å². The Balaban J connectivity index is 1.61. The molecule has 0 bridgehead atoms. The van der Waals surface area contributed by atoms with E-state index >= 15 is 0 Å². The summed E-state index contributed by atoms with van der Waals surface area (Å²) in [6.45, 7) is 13.7. The van der Waals surface area contributed by atoms with Crippen LogP contribution in [0, 0.1) is 24.8 Å². The first kappa shape index (κ1) is 23.8. The van der Waals surface area contributed by atoms with Gasteiger partial charge in [0.25, 0.3) is 0 Å². The molecule has 4 rings (SSSR count). The van der Waals surface area contributed by atoms with Crippen LogP contribution in [0.1, 0.15) is 35.2 Å². The molecule has 0 aliphatic carbocycles. The molecule has 3 aromatic rings. The zero-order chi connectivity index (χ0) is 24.3. The predicted octanol–water partition coefficient (Wildman–Crippen LogP) is 5.84. The fourth-order valence-electron chi connectivity index (χ4n) is 4.58. The van der Waals surface area contributed by atoms with Crippen molar-refractivity contribution in [3.05, 3.63) is 105 Å². The molecule has 3 aromatic carbocycles. The summed E-state index contributed by atoms with van der Waals surface area (Å²) in [6, 6.07) is 23.3. The van der Waals surface area contributed by atoms with E-state index in [1.165, 1.54) is 11.1 Å². The minimum Gasteiger partial charge on any atom is -0.384 e. The lowest BCUT2D eigenvalue weighted by Gasteiger charge is -2.45. The number of hydrogen-bond donors (Lipinski definition) is 1. The number of nitrogens with zero attached hydrogens (tertiary/aromatic N) is 4. The van der Waals surface area contributed by atoms with Crippen molar-refractivity contribution < 1.29 is 5.11 Å². The maximum Gasteiger partial charge on any atom is 0.187 e. The van der Waals surface area contributed by atoms with E-state index in [2.05, 4.69) is 51.9 Å². The smallest absolute Gasteiger partial charge is 0.187 e. The highest BCUT2D eigenvalue weighted by atomic mass is 35.5. The summed E-state index contributed by atoms with van der Waals surface area (Å²) in [5.74, 6) is 0. The van der Waals surface area contributed by atoms with Crippen LogP contribution >= 0.6 is 11.6 Å². The van der Waals surface area contributed by atoms with Crippen molar-refractivity contribution >= 4 is 23.0 Å². The summed E-state index contributed by atoms with van der Waals surface area (Å²) < 4.78 is 0. The van der Waals surface area contributed by atoms with Crippen LogP contribution in [-0.4, -0.2) is 36.2 Å². The third-order valence-electron chi connectivity index (χ3n) is 6.46. The van der Waals surface area contributed by atoms with Crippen LogP contribution in [0.15, 0.2) is 66.7 Å². The van der Waals surface area contributed by atoms with Crippen molar-refractivity contribution in [3.63, 3.8) is 0 Å². The molecule has 0 unspecified atom stereocenters. The van der Waals surface area contributed by atoms with Crippen molar-refractivity contribution in [1.29, 1.82) is 5.26 Å². The fourth-order valence-corrected chi connectivity index (χ4v) is 4.87. The van der Waals surface area contributed by atoms with Crippen LogP contribution in [0.5, 0.6) is 0 Å². The molecule has 1 N–H and O–H groups in total. The van der Waals surface area contributed by atoms with Crippen LogP contribution in [0.4, 0.5) is 11.4 Å². The van der Waals surface area contributed by atoms with Crippen molar-refractivity contribution in [1.82, 2.24) is 4.90 Å². The van der Waals surface area contributed by atoms with Crippen LogP contribution in [0.2, 0.25) is 5.02 Å². The number of hydrogen-bond acceptors (Lipinski definition) is 4. The van der Waals surface area contributed by atoms with Crippen LogP contribution in [-0.2, 0) is 5.60 Å². The van der Waals surface area contributed by atoms with Crippen LogP contribution < -0.4 is 4.90 Å². The largest absolute Gasteiger partial charge is 0.384 e. The van der Waals surface area contributed by atoms with Gasteiger partial charge in [-0.1, -0.05) is 65.7 Å². The summed E-state index contributed by atoms with van der Waals surface area (Å²) >= 11 is 6.60. The summed E-state index contributed by atoms with van der Waals surface area (Å²) in [5.41, 5.74) is 4.14. The van der Waals surface area contributed by atoms with E-state index in [1.807, 2.05) is 25.1 Å². The molecule has 1 heterocycles. The molecule has 1 fully saturated rings. The van der Waals surface area contributed by atoms with E-state index < -0.39 is 5.60 Å². The monoisotopic (exact) mass is 470 g/mol. The van der Waals surface area contributed by atoms with Gasteiger partial charge >= 0.3 is 0 Å². The number of piperazine rings is 1. The molecule has 1 aliphatic heterocycles. The number of β-amino-alcohol motifs (C(OH)–C–C–N with tert-alkyl or cyclic N) is 1. The molecule has 0 saturated carbocycles. The second kappa shape index (κ2) is 9.87. The predicted molar refractivity (Wildman–Crippen MR) is 136 cm³/mol. The van der Waals surface area contributed by atoms with Crippen molar-refractivity contribution in [2.75, 3.05) is 31.1 Å². The van der Waals surface area contributed by atoms with Gasteiger partial charge in [-0.3, -0.25) is 4.90 Å². The lowest BCUT2D eigenvalue weighted by atomic mass is 9.93. The molecular formula is C28H27ClN4O. The normalized spacial score (nSPS) is 18.1. The summed E-state index contributed by atoms with van der Waals surface area (Å²) in [5, 5.41) is 21.1. The first-order valence-electron chi connectivity index (χ1n) is 11.3. The van der Waals surface area contributed by atoms with Gasteiger partial charge < -0.3 is 10.0 Å². The van der Waals surface area contributed by atoms with Gasteiger partial charge in [-0.25, -0.2) is 4.85 Å². The number of anilines is 1. The van der Waals surface area contributed by atoms with Crippen molar-refractivity contribution in [2.45, 2.75) is 25.5 Å². The van der Waals surface area contributed by atoms with Gasteiger partial charge in [0.15, 0.2) is 5.69 Å². The number of rotatable bonds is 5. The molecule has 0 spiro atoms. The highest BCUT2D eigenvalue weighted by Crippen LogP contribution is 2.36. The molecule has 0 radical (unpaired) electrons. The molecule has 34 heavy (non-hydrogen) atoms. The standard InChI is InChI=1S/C28H27ClN4O/c1-20-4-7-22(8-5-20)27-18-32(19-28(2,34)23-9-11-24(31-3)12-10-23)14-15-33(27)26-13-6-21(17-30)16-25(26)29/h4-13,16,27,34H,14-15,18-19H2,1-2H3/t27-,28+/m0/s1. The Bertz CT molecular complexity index is 1240. The fraction of sp³-hybridized carbons (Fsp3) is 0.286. The molecule has 0 aromatic heterocycles. The second-order valence-corrected chi connectivity index (χ2v) is 9.47. The van der Waals surface area contributed by atoms with E-state index in [0.717, 1.165) is 30.9 Å². The molecule has 2 atom stereocenters. The Hall–Kier alpha value is -3.35. The summed E-state index contributed by atoms with van der Waals surface area (Å²) in [7, 11) is 0. The molecular weight excluding hydrogens is 444 g/mol. The van der Waals surface area contributed by atoms with Gasteiger partial charge in [0.2, 0.25) is 0 Å². The Morgan fingerprint density at radius 2 is 1.82 bits per heavy atom. The SMILES string of the molecule is [C-]#[N+]c1ccc([C@](C)(O)CN2CCN(c3ccc(C#N)cc3Cl)[C@H](c3ccc(C)cc3)C2)cc1. The Morgan fingerprint density at radius 3 is 2.44 bits per heavy atom. The van der Waals surface area contributed by atoms with Crippen molar-refractivity contribution in [2.24, 2.45) is 0 Å². The zero-order valence-electron chi connectivity index (χ0n) is 19.4. The molecule has 6 heteroatoms. The van der Waals surface area contributed by atoms with Gasteiger partial charge in [-0.15, -0.1) is 0 Å². The Labute approximate surface area is 206 Å². The third-order valence-corrected chi connectivity index (χ3v) is 6.77. The highest BCUT2D eigenvalue weighted by molar-refractivity contribution is 6.33. The zero-order valence-corrected chi connectivity index (χ0v) is 20.1. The summed E-state index contributed by atoms with van der Waals surface area (Å²) in [4.78, 5) is 8.01. The molecule has 172 valence electrons. The number of aryl methyl sites for hydroxylation is 1. The minimum atomic E-state index is -1.05. The summed E-state index contributed by atoms with van der Waals surface area (Å²) in [6.07, 6.45) is 0. The number of halogens is 1. The van der Waals surface area contributed by atoms with E-state index in [-0.39, 0.29) is 6.04 Å². The Morgan fingerprint density at radius 1 is 1.12 bits per heavy atom. The molecule has 1 saturated heterocycles. The number of aliphatic hydroxyl groups is 1. The van der Waals surface area contributed by atoms with Crippen molar-refractivity contribution in [3.8, 4) is 6.07 Å². The topological polar surface area (TPSA) is 54.9 Å². The van der Waals surface area contributed by atoms with E-state index in [1.54, 1.807) is 24.3 Å². The maximum absolute atomic E-state index is 11.3. The highest BCUT2D eigenvalue weighted by Gasteiger charge is 2.34. The first-order chi connectivity index (χ1) is 16.3. The molecule has 5 nitrogen and oxygen atoms in total. The maximum atomic E-state index is 11.3. The van der Waals surface area contributed by atoms with E-state index in [0.29, 0.717) is 22.8 Å². The van der Waals surface area contributed by atoms with Gasteiger partial charge in [-0.2, -0.15) is 5.26 Å². The second-order valence-electron chi connectivity index (χ2n) is 9.07. The minimum absolute atomic E-state index is 0.0417. The van der Waals surface area contributed by atoms with Crippen LogP contribution in [0.3, 0.4) is 0 Å². The lowest BCUT2D eigenvalue weighted by molar-refractivity contribution is 0.0103.